The van der Waals surface area contributed by atoms with Crippen LogP contribution in [0.25, 0.3) is 0 Å². The molecule has 0 aliphatic carbocycles. The highest BCUT2D eigenvalue weighted by molar-refractivity contribution is 9.10. The number of rotatable bonds is 4. The zero-order chi connectivity index (χ0) is 11.4. The third kappa shape index (κ3) is 4.09. The summed E-state index contributed by atoms with van der Waals surface area (Å²) in [5.74, 6) is -1.12. The molecule has 0 spiro atoms. The molecule has 0 heterocycles. The Kier molecular flexibility index (Phi) is 4.41. The number of hydrogen-bond acceptors (Lipinski definition) is 2. The smallest absolute Gasteiger partial charge is 0.230 e. The molecule has 0 radical (unpaired) electrons. The second kappa shape index (κ2) is 5.37. The Bertz CT molecular complexity index is 411. The molecule has 1 amide bonds. The van der Waals surface area contributed by atoms with Gasteiger partial charge >= 0.3 is 0 Å². The molecule has 2 N–H and O–H groups in total. The van der Waals surface area contributed by atoms with Crippen LogP contribution >= 0.6 is 15.9 Å². The first kappa shape index (κ1) is 12.3. The minimum atomic E-state index is -1.39. The molecule has 1 aromatic carbocycles. The predicted octanol–water partition coefficient (Wildman–Crippen LogP) is 1.32. The van der Waals surface area contributed by atoms with Crippen molar-refractivity contribution in [3.63, 3.8) is 0 Å². The van der Waals surface area contributed by atoms with Crippen LogP contribution in [-0.2, 0) is 21.3 Å². The molecule has 0 aliphatic rings. The Balaban J connectivity index is 2.76. The summed E-state index contributed by atoms with van der Waals surface area (Å²) >= 11 is 3.21. The fraction of sp³-hybridized carbons (Fsp3) is 0.222. The van der Waals surface area contributed by atoms with E-state index in [1.165, 1.54) is 18.2 Å². The molecule has 1 rings (SSSR count). The maximum Gasteiger partial charge on any atom is 0.230 e. The fourth-order valence-corrected chi connectivity index (χ4v) is 2.61. The summed E-state index contributed by atoms with van der Waals surface area (Å²) in [5, 5.41) is 0. The van der Waals surface area contributed by atoms with E-state index in [0.717, 1.165) is 0 Å². The maximum absolute atomic E-state index is 12.8. The van der Waals surface area contributed by atoms with E-state index in [2.05, 4.69) is 15.9 Å². The van der Waals surface area contributed by atoms with Gasteiger partial charge in [-0.05, 0) is 23.8 Å². The summed E-state index contributed by atoms with van der Waals surface area (Å²) in [4.78, 5) is 10.5. The second-order valence-electron chi connectivity index (χ2n) is 2.93. The lowest BCUT2D eigenvalue weighted by Gasteiger charge is -2.03. The number of nitrogens with two attached hydrogens (primary N) is 1. The molecule has 0 aromatic heterocycles. The van der Waals surface area contributed by atoms with Gasteiger partial charge in [-0.15, -0.1) is 0 Å². The van der Waals surface area contributed by atoms with Gasteiger partial charge in [0.05, 0.1) is 5.75 Å². The van der Waals surface area contributed by atoms with E-state index >= 15 is 0 Å². The number of primary amides is 1. The molecule has 0 bridgehead atoms. The zero-order valence-electron chi connectivity index (χ0n) is 7.70. The zero-order valence-corrected chi connectivity index (χ0v) is 10.1. The number of amides is 1. The lowest BCUT2D eigenvalue weighted by Crippen LogP contribution is -2.20. The Morgan fingerprint density at radius 3 is 2.80 bits per heavy atom. The maximum atomic E-state index is 12.8. The van der Waals surface area contributed by atoms with Crippen molar-refractivity contribution < 1.29 is 13.4 Å². The Morgan fingerprint density at radius 1 is 1.53 bits per heavy atom. The summed E-state index contributed by atoms with van der Waals surface area (Å²) in [6, 6.07) is 4.11. The van der Waals surface area contributed by atoms with Crippen LogP contribution in [0.3, 0.4) is 0 Å². The van der Waals surface area contributed by atoms with Crippen LogP contribution < -0.4 is 5.73 Å². The molecule has 82 valence electrons. The van der Waals surface area contributed by atoms with Crippen LogP contribution in [0.15, 0.2) is 22.7 Å². The molecule has 1 atom stereocenters. The first-order valence-corrected chi connectivity index (χ1v) is 6.34. The van der Waals surface area contributed by atoms with Crippen molar-refractivity contribution in [2.24, 2.45) is 5.73 Å². The Morgan fingerprint density at radius 2 is 2.20 bits per heavy atom. The van der Waals surface area contributed by atoms with Crippen LogP contribution in [0.2, 0.25) is 0 Å². The first-order chi connectivity index (χ1) is 6.99. The van der Waals surface area contributed by atoms with Crippen LogP contribution in [0.4, 0.5) is 4.39 Å². The van der Waals surface area contributed by atoms with Crippen LogP contribution in [0, 0.1) is 5.82 Å². The van der Waals surface area contributed by atoms with Crippen molar-refractivity contribution in [1.82, 2.24) is 0 Å². The highest BCUT2D eigenvalue weighted by Crippen LogP contribution is 2.19. The standard InChI is InChI=1S/C9H9BrFNO2S/c10-8-2-1-7(11)3-6(8)4-15(14)5-9(12)13/h1-3H,4-5H2,(H2,12,13). The van der Waals surface area contributed by atoms with Gasteiger partial charge in [-0.1, -0.05) is 15.9 Å². The number of carbonyl (C=O) groups is 1. The number of carbonyl (C=O) groups excluding carboxylic acids is 1. The van der Waals surface area contributed by atoms with Crippen LogP contribution in [0.1, 0.15) is 5.56 Å². The van der Waals surface area contributed by atoms with Gasteiger partial charge in [0, 0.05) is 15.3 Å². The molecular weight excluding hydrogens is 285 g/mol. The Hall–Kier alpha value is -0.750. The average molecular weight is 294 g/mol. The monoisotopic (exact) mass is 293 g/mol. The van der Waals surface area contributed by atoms with E-state index in [1.54, 1.807) is 0 Å². The summed E-state index contributed by atoms with van der Waals surface area (Å²) in [5.41, 5.74) is 5.46. The SMILES string of the molecule is NC(=O)CS(=O)Cc1cc(F)ccc1Br. The predicted molar refractivity (Wildman–Crippen MR) is 60.0 cm³/mol. The third-order valence-corrected chi connectivity index (χ3v) is 3.64. The summed E-state index contributed by atoms with van der Waals surface area (Å²) in [7, 11) is -1.39. The van der Waals surface area contributed by atoms with Gasteiger partial charge in [-0.3, -0.25) is 9.00 Å². The number of benzene rings is 1. The van der Waals surface area contributed by atoms with Gasteiger partial charge in [0.1, 0.15) is 11.6 Å². The highest BCUT2D eigenvalue weighted by atomic mass is 79.9. The molecule has 0 saturated carbocycles. The molecule has 6 heteroatoms. The summed E-state index contributed by atoms with van der Waals surface area (Å²) in [6.45, 7) is 0. The van der Waals surface area contributed by atoms with Gasteiger partial charge in [0.2, 0.25) is 5.91 Å². The number of hydrogen-bond donors (Lipinski definition) is 1. The lowest BCUT2D eigenvalue weighted by atomic mass is 10.2. The van der Waals surface area contributed by atoms with Crippen molar-refractivity contribution in [2.45, 2.75) is 5.75 Å². The lowest BCUT2D eigenvalue weighted by molar-refractivity contribution is -0.115. The largest absolute Gasteiger partial charge is 0.369 e. The minimum Gasteiger partial charge on any atom is -0.369 e. The van der Waals surface area contributed by atoms with Gasteiger partial charge in [-0.25, -0.2) is 4.39 Å². The van der Waals surface area contributed by atoms with Crippen molar-refractivity contribution in [3.05, 3.63) is 34.1 Å². The van der Waals surface area contributed by atoms with Crippen molar-refractivity contribution >= 4 is 32.6 Å². The molecule has 3 nitrogen and oxygen atoms in total. The van der Waals surface area contributed by atoms with Crippen molar-refractivity contribution in [2.75, 3.05) is 5.75 Å². The van der Waals surface area contributed by atoms with E-state index in [4.69, 9.17) is 5.73 Å². The minimum absolute atomic E-state index is 0.112. The summed E-state index contributed by atoms with van der Waals surface area (Å²) < 4.78 is 24.9. The molecule has 15 heavy (non-hydrogen) atoms. The molecule has 0 fully saturated rings. The summed E-state index contributed by atoms with van der Waals surface area (Å²) in [6.07, 6.45) is 0. The van der Waals surface area contributed by atoms with Gasteiger partial charge in [0.15, 0.2) is 0 Å². The van der Waals surface area contributed by atoms with Gasteiger partial charge in [-0.2, -0.15) is 0 Å². The molecule has 0 aliphatic heterocycles. The van der Waals surface area contributed by atoms with E-state index in [1.807, 2.05) is 0 Å². The van der Waals surface area contributed by atoms with Crippen LogP contribution in [-0.4, -0.2) is 15.9 Å². The van der Waals surface area contributed by atoms with E-state index in [9.17, 15) is 13.4 Å². The molecular formula is C9H9BrFNO2S. The Labute approximate surface area is 97.4 Å². The van der Waals surface area contributed by atoms with Crippen molar-refractivity contribution in [3.8, 4) is 0 Å². The third-order valence-electron chi connectivity index (χ3n) is 1.63. The molecule has 1 aromatic rings. The normalized spacial score (nSPS) is 12.4. The average Bonchev–Trinajstić information content (AvgIpc) is 2.10. The first-order valence-electron chi connectivity index (χ1n) is 4.06. The van der Waals surface area contributed by atoms with E-state index in [-0.39, 0.29) is 11.5 Å². The van der Waals surface area contributed by atoms with Gasteiger partial charge < -0.3 is 5.73 Å². The fourth-order valence-electron chi connectivity index (χ4n) is 1.04. The highest BCUT2D eigenvalue weighted by Gasteiger charge is 2.08. The molecule has 1 unspecified atom stereocenters. The van der Waals surface area contributed by atoms with Crippen molar-refractivity contribution in [1.29, 1.82) is 0 Å². The number of halogens is 2. The van der Waals surface area contributed by atoms with E-state index in [0.29, 0.717) is 10.0 Å². The van der Waals surface area contributed by atoms with E-state index < -0.39 is 22.5 Å². The second-order valence-corrected chi connectivity index (χ2v) is 5.24. The molecule has 0 saturated heterocycles. The quantitative estimate of drug-likeness (QED) is 0.910. The topological polar surface area (TPSA) is 60.2 Å². The van der Waals surface area contributed by atoms with Crippen LogP contribution in [0.5, 0.6) is 0 Å². The van der Waals surface area contributed by atoms with Gasteiger partial charge in [0.25, 0.3) is 0 Å².